The largest absolute Gasteiger partial charge is 0.489 e. The number of hydrogen-bond donors (Lipinski definition) is 2. The zero-order valence-corrected chi connectivity index (χ0v) is 20.1. The van der Waals surface area contributed by atoms with Gasteiger partial charge in [0, 0.05) is 37.1 Å². The summed E-state index contributed by atoms with van der Waals surface area (Å²) >= 11 is 0. The van der Waals surface area contributed by atoms with Gasteiger partial charge in [-0.2, -0.15) is 9.78 Å². The molecule has 1 aliphatic heterocycles. The molecule has 0 saturated carbocycles. The summed E-state index contributed by atoms with van der Waals surface area (Å²) in [7, 11) is 1.61. The highest BCUT2D eigenvalue weighted by Crippen LogP contribution is 2.31. The molecule has 9 heteroatoms. The number of anilines is 1. The summed E-state index contributed by atoms with van der Waals surface area (Å²) in [5.41, 5.74) is 2.79. The Morgan fingerprint density at radius 1 is 1.29 bits per heavy atom. The summed E-state index contributed by atoms with van der Waals surface area (Å²) in [4.78, 5) is 31.7. The number of carbonyl (C=O) groups excluding carboxylic acids is 2. The number of fused-ring (bicyclic) bond motifs is 1. The molecule has 1 aromatic carbocycles. The van der Waals surface area contributed by atoms with Gasteiger partial charge in [-0.3, -0.25) is 9.78 Å². The van der Waals surface area contributed by atoms with Crippen molar-refractivity contribution in [3.63, 3.8) is 0 Å². The quantitative estimate of drug-likeness (QED) is 0.565. The Morgan fingerprint density at radius 2 is 2.09 bits per heavy atom. The number of rotatable bonds is 3. The number of nitrogens with one attached hydrogen (secondary N) is 1. The first-order chi connectivity index (χ1) is 16.6. The fourth-order valence-electron chi connectivity index (χ4n) is 3.49. The lowest BCUT2D eigenvalue weighted by Gasteiger charge is -2.20. The number of aliphatic hydroxyl groups is 1. The van der Waals surface area contributed by atoms with E-state index in [0.29, 0.717) is 23.4 Å². The van der Waals surface area contributed by atoms with Crippen LogP contribution in [0.15, 0.2) is 48.9 Å². The molecular formula is C26H27N5O4. The first kappa shape index (κ1) is 24.0. The molecule has 3 aromatic rings. The summed E-state index contributed by atoms with van der Waals surface area (Å²) < 4.78 is 6.99. The Bertz CT molecular complexity index is 1310. The molecule has 9 nitrogen and oxygen atoms in total. The van der Waals surface area contributed by atoms with Crippen molar-refractivity contribution in [3.8, 4) is 17.6 Å². The van der Waals surface area contributed by atoms with Crippen molar-refractivity contribution in [3.05, 3.63) is 71.3 Å². The second kappa shape index (κ2) is 9.60. The van der Waals surface area contributed by atoms with Crippen molar-refractivity contribution < 1.29 is 19.4 Å². The van der Waals surface area contributed by atoms with Crippen molar-refractivity contribution in [2.45, 2.75) is 38.8 Å². The number of aryl methyl sites for hydroxylation is 1. The topological polar surface area (TPSA) is 110 Å². The monoisotopic (exact) mass is 473 g/mol. The van der Waals surface area contributed by atoms with Gasteiger partial charge in [0.1, 0.15) is 24.0 Å². The third-order valence-electron chi connectivity index (χ3n) is 5.37. The van der Waals surface area contributed by atoms with Crippen LogP contribution in [-0.4, -0.2) is 57.1 Å². The van der Waals surface area contributed by atoms with Crippen LogP contribution in [0.25, 0.3) is 0 Å². The molecule has 1 atom stereocenters. The van der Waals surface area contributed by atoms with E-state index in [1.54, 1.807) is 57.7 Å². The minimum Gasteiger partial charge on any atom is -0.489 e. The van der Waals surface area contributed by atoms with E-state index >= 15 is 0 Å². The second-order valence-electron chi connectivity index (χ2n) is 9.00. The van der Waals surface area contributed by atoms with Crippen LogP contribution in [0.3, 0.4) is 0 Å². The zero-order valence-electron chi connectivity index (χ0n) is 20.1. The Balaban J connectivity index is 1.45. The number of amides is 2. The van der Waals surface area contributed by atoms with Crippen LogP contribution in [0.4, 0.5) is 10.5 Å². The molecule has 4 rings (SSSR count). The van der Waals surface area contributed by atoms with E-state index in [1.165, 1.54) is 9.58 Å². The molecule has 1 aliphatic rings. The van der Waals surface area contributed by atoms with Gasteiger partial charge in [-0.05, 0) is 56.2 Å². The van der Waals surface area contributed by atoms with E-state index < -0.39 is 17.7 Å². The lowest BCUT2D eigenvalue weighted by Crippen LogP contribution is -2.50. The van der Waals surface area contributed by atoms with Crippen LogP contribution in [0, 0.1) is 18.8 Å². The number of aromatic nitrogens is 3. The molecular weight excluding hydrogens is 446 g/mol. The highest BCUT2D eigenvalue weighted by Gasteiger charge is 2.31. The first-order valence-corrected chi connectivity index (χ1v) is 11.1. The number of likely N-dealkylation sites (N-methyl/N-ethyl adjacent to an activating group) is 1. The molecule has 0 aliphatic carbocycles. The highest BCUT2D eigenvalue weighted by atomic mass is 16.5. The number of nitrogens with zero attached hydrogens (tertiary/aromatic N) is 4. The Hall–Kier alpha value is -4.16. The average Bonchev–Trinajstić information content (AvgIpc) is 3.25. The molecule has 0 saturated heterocycles. The molecule has 0 unspecified atom stereocenters. The van der Waals surface area contributed by atoms with Crippen molar-refractivity contribution in [2.24, 2.45) is 0 Å². The van der Waals surface area contributed by atoms with Gasteiger partial charge < -0.3 is 20.1 Å². The SMILES string of the molecule is Cc1ccc(Cc2cnn(C(=O)N[C@H]3COc4ccc(C#CC(C)(C)O)cc4N(C)C3=O)c2)nc1. The van der Waals surface area contributed by atoms with Crippen molar-refractivity contribution in [2.75, 3.05) is 18.6 Å². The fraction of sp³-hybridized carbons (Fsp3) is 0.308. The molecule has 2 N–H and O–H groups in total. The number of hydrogen-bond acceptors (Lipinski definition) is 6. The Labute approximate surface area is 203 Å². The van der Waals surface area contributed by atoms with Crippen LogP contribution in [0.1, 0.15) is 36.2 Å². The van der Waals surface area contributed by atoms with Crippen LogP contribution >= 0.6 is 0 Å². The molecule has 180 valence electrons. The maximum absolute atomic E-state index is 13.1. The maximum atomic E-state index is 13.1. The van der Waals surface area contributed by atoms with Crippen LogP contribution in [0.2, 0.25) is 0 Å². The van der Waals surface area contributed by atoms with Gasteiger partial charge in [0.15, 0.2) is 0 Å². The Morgan fingerprint density at radius 3 is 2.80 bits per heavy atom. The molecule has 2 aromatic heterocycles. The fourth-order valence-corrected chi connectivity index (χ4v) is 3.49. The number of benzene rings is 1. The lowest BCUT2D eigenvalue weighted by atomic mass is 10.1. The predicted molar refractivity (Wildman–Crippen MR) is 130 cm³/mol. The molecule has 0 bridgehead atoms. The zero-order chi connectivity index (χ0) is 25.2. The average molecular weight is 474 g/mol. The number of ether oxygens (including phenoxy) is 1. The number of carbonyl (C=O) groups is 2. The van der Waals surface area contributed by atoms with E-state index in [4.69, 9.17) is 4.74 Å². The van der Waals surface area contributed by atoms with Gasteiger partial charge in [-0.1, -0.05) is 17.9 Å². The minimum absolute atomic E-state index is 0.0297. The molecule has 0 radical (unpaired) electrons. The smallest absolute Gasteiger partial charge is 0.342 e. The van der Waals surface area contributed by atoms with E-state index in [2.05, 4.69) is 27.2 Å². The van der Waals surface area contributed by atoms with Gasteiger partial charge in [-0.15, -0.1) is 0 Å². The lowest BCUT2D eigenvalue weighted by molar-refractivity contribution is -0.120. The highest BCUT2D eigenvalue weighted by molar-refractivity contribution is 6.00. The Kier molecular flexibility index (Phi) is 6.58. The third kappa shape index (κ3) is 5.86. The molecule has 0 spiro atoms. The van der Waals surface area contributed by atoms with Gasteiger partial charge in [0.05, 0.1) is 11.9 Å². The molecule has 2 amide bonds. The summed E-state index contributed by atoms with van der Waals surface area (Å²) in [6.07, 6.45) is 5.55. The van der Waals surface area contributed by atoms with Crippen LogP contribution in [-0.2, 0) is 11.2 Å². The van der Waals surface area contributed by atoms with Crippen molar-refractivity contribution >= 4 is 17.6 Å². The van der Waals surface area contributed by atoms with Gasteiger partial charge >= 0.3 is 6.03 Å². The molecule has 3 heterocycles. The maximum Gasteiger partial charge on any atom is 0.342 e. The van der Waals surface area contributed by atoms with Crippen LogP contribution in [0.5, 0.6) is 5.75 Å². The summed E-state index contributed by atoms with van der Waals surface area (Å²) in [6, 6.07) is 7.66. The molecule has 0 fully saturated rings. The van der Waals surface area contributed by atoms with E-state index in [1.807, 2.05) is 19.1 Å². The van der Waals surface area contributed by atoms with Gasteiger partial charge in [0.25, 0.3) is 5.91 Å². The normalized spacial score (nSPS) is 15.4. The standard InChI is InChI=1S/C26H27N5O4/c1-17-5-7-20(27-13-17)11-19-14-28-31(15-19)25(33)29-21-16-35-23-8-6-18(9-10-26(2,3)34)12-22(23)30(4)24(21)32/h5-8,12-15,21,34H,11,16H2,1-4H3,(H,29,33)/t21-/m0/s1. The van der Waals surface area contributed by atoms with E-state index in [-0.39, 0.29) is 12.5 Å². The van der Waals surface area contributed by atoms with Crippen molar-refractivity contribution in [1.82, 2.24) is 20.1 Å². The molecule has 35 heavy (non-hydrogen) atoms. The number of pyridine rings is 1. The first-order valence-electron chi connectivity index (χ1n) is 11.1. The van der Waals surface area contributed by atoms with Crippen molar-refractivity contribution in [1.29, 1.82) is 0 Å². The van der Waals surface area contributed by atoms with E-state index in [0.717, 1.165) is 16.8 Å². The van der Waals surface area contributed by atoms with Gasteiger partial charge in [-0.25, -0.2) is 4.79 Å². The second-order valence-corrected chi connectivity index (χ2v) is 9.00. The van der Waals surface area contributed by atoms with E-state index in [9.17, 15) is 14.7 Å². The van der Waals surface area contributed by atoms with Crippen LogP contribution < -0.4 is 15.0 Å². The summed E-state index contributed by atoms with van der Waals surface area (Å²) in [6.45, 7) is 5.13. The summed E-state index contributed by atoms with van der Waals surface area (Å²) in [5, 5.41) is 16.7. The summed E-state index contributed by atoms with van der Waals surface area (Å²) in [5.74, 6) is 5.81. The third-order valence-corrected chi connectivity index (χ3v) is 5.37. The van der Waals surface area contributed by atoms with Gasteiger partial charge in [0.2, 0.25) is 0 Å². The predicted octanol–water partition coefficient (Wildman–Crippen LogP) is 2.28. The minimum atomic E-state index is -1.14.